The van der Waals surface area contributed by atoms with E-state index in [0.29, 0.717) is 72.6 Å². The van der Waals surface area contributed by atoms with Crippen molar-refractivity contribution < 1.29 is 33.2 Å². The van der Waals surface area contributed by atoms with Crippen LogP contribution in [0.25, 0.3) is 11.1 Å². The van der Waals surface area contributed by atoms with Crippen LogP contribution in [0.2, 0.25) is 0 Å². The van der Waals surface area contributed by atoms with E-state index in [1.165, 1.54) is 28.7 Å². The Labute approximate surface area is 250 Å². The molecule has 0 aromatic heterocycles. The first-order valence-corrected chi connectivity index (χ1v) is 15.3. The Bertz CT molecular complexity index is 947. The standard InChI is InChI=1S/C32H46ClNO7/c1-34(32(35)41-26-31-29-12-6-4-10-27(29)28-11-5-7-13-30(28)31)15-17-37-19-21-39-23-25-40-24-22-38-20-18-36-16-9-3-2-8-14-33/h4-7,10-13,31H,2-3,8-9,14-26H2,1H3. The number of hydrogen-bond donors (Lipinski definition) is 0. The highest BCUT2D eigenvalue weighted by Crippen LogP contribution is 2.44. The fourth-order valence-corrected chi connectivity index (χ4v) is 4.82. The van der Waals surface area contributed by atoms with E-state index in [4.69, 9.17) is 40.0 Å². The second-order valence-corrected chi connectivity index (χ2v) is 10.3. The summed E-state index contributed by atoms with van der Waals surface area (Å²) in [6, 6.07) is 16.6. The minimum Gasteiger partial charge on any atom is -0.448 e. The summed E-state index contributed by atoms with van der Waals surface area (Å²) in [6.07, 6.45) is 4.13. The number of benzene rings is 2. The van der Waals surface area contributed by atoms with Gasteiger partial charge in [0.1, 0.15) is 6.61 Å². The van der Waals surface area contributed by atoms with Gasteiger partial charge in [-0.3, -0.25) is 0 Å². The smallest absolute Gasteiger partial charge is 0.409 e. The van der Waals surface area contributed by atoms with Gasteiger partial charge in [0.15, 0.2) is 0 Å². The summed E-state index contributed by atoms with van der Waals surface area (Å²) in [7, 11) is 1.72. The fraction of sp³-hybridized carbons (Fsp3) is 0.594. The van der Waals surface area contributed by atoms with Crippen molar-refractivity contribution in [1.82, 2.24) is 4.90 Å². The van der Waals surface area contributed by atoms with Crippen molar-refractivity contribution in [1.29, 1.82) is 0 Å². The van der Waals surface area contributed by atoms with Crippen molar-refractivity contribution in [3.05, 3.63) is 59.7 Å². The maximum absolute atomic E-state index is 12.5. The number of carbonyl (C=O) groups is 1. The molecule has 0 bridgehead atoms. The van der Waals surface area contributed by atoms with Gasteiger partial charge in [-0.05, 0) is 35.1 Å². The lowest BCUT2D eigenvalue weighted by Gasteiger charge is -2.19. The van der Waals surface area contributed by atoms with Crippen LogP contribution in [0.5, 0.6) is 0 Å². The van der Waals surface area contributed by atoms with Crippen LogP contribution in [0.3, 0.4) is 0 Å². The van der Waals surface area contributed by atoms with Gasteiger partial charge in [0.05, 0.1) is 59.5 Å². The minimum atomic E-state index is -0.353. The van der Waals surface area contributed by atoms with Crippen LogP contribution in [-0.2, 0) is 28.4 Å². The van der Waals surface area contributed by atoms with E-state index in [2.05, 4.69) is 24.3 Å². The Balaban J connectivity index is 1.11. The third-order valence-electron chi connectivity index (χ3n) is 6.88. The van der Waals surface area contributed by atoms with Crippen molar-refractivity contribution in [3.63, 3.8) is 0 Å². The number of alkyl halides is 1. The van der Waals surface area contributed by atoms with Crippen molar-refractivity contribution in [2.24, 2.45) is 0 Å². The van der Waals surface area contributed by atoms with E-state index >= 15 is 0 Å². The lowest BCUT2D eigenvalue weighted by molar-refractivity contribution is -0.0121. The molecular formula is C32H46ClNO7. The average molecular weight is 592 g/mol. The van der Waals surface area contributed by atoms with Crippen molar-refractivity contribution in [2.45, 2.75) is 31.6 Å². The lowest BCUT2D eigenvalue weighted by Crippen LogP contribution is -2.32. The molecule has 0 heterocycles. The summed E-state index contributed by atoms with van der Waals surface area (Å²) in [4.78, 5) is 14.1. The normalized spacial score (nSPS) is 12.3. The van der Waals surface area contributed by atoms with Crippen LogP contribution >= 0.6 is 11.6 Å². The number of hydrogen-bond acceptors (Lipinski definition) is 7. The second-order valence-electron chi connectivity index (χ2n) is 9.89. The van der Waals surface area contributed by atoms with E-state index in [0.717, 1.165) is 31.7 Å². The molecule has 8 nitrogen and oxygen atoms in total. The molecule has 0 spiro atoms. The number of fused-ring (bicyclic) bond motifs is 3. The molecule has 1 aliphatic carbocycles. The zero-order valence-corrected chi connectivity index (χ0v) is 25.2. The Morgan fingerprint density at radius 2 is 1.12 bits per heavy atom. The molecule has 2 aromatic rings. The number of amides is 1. The minimum absolute atomic E-state index is 0.0517. The Morgan fingerprint density at radius 1 is 0.659 bits per heavy atom. The molecule has 0 radical (unpaired) electrons. The zero-order valence-electron chi connectivity index (χ0n) is 24.4. The highest BCUT2D eigenvalue weighted by molar-refractivity contribution is 6.17. The zero-order chi connectivity index (χ0) is 29.0. The van der Waals surface area contributed by atoms with E-state index < -0.39 is 0 Å². The summed E-state index contributed by atoms with van der Waals surface area (Å²) in [5.74, 6) is 0.792. The van der Waals surface area contributed by atoms with Gasteiger partial charge < -0.3 is 33.3 Å². The van der Waals surface area contributed by atoms with Crippen molar-refractivity contribution >= 4 is 17.7 Å². The van der Waals surface area contributed by atoms with Crippen LogP contribution in [0, 0.1) is 0 Å². The number of nitrogens with zero attached hydrogens (tertiary/aromatic N) is 1. The van der Waals surface area contributed by atoms with Gasteiger partial charge in [-0.2, -0.15) is 0 Å². The Kier molecular flexibility index (Phi) is 16.8. The summed E-state index contributed by atoms with van der Waals surface area (Å²) in [6.45, 7) is 6.13. The molecular weight excluding hydrogens is 546 g/mol. The van der Waals surface area contributed by atoms with E-state index in [-0.39, 0.29) is 12.0 Å². The Hall–Kier alpha value is -2.20. The van der Waals surface area contributed by atoms with E-state index in [9.17, 15) is 4.79 Å². The summed E-state index contributed by atoms with van der Waals surface area (Å²) in [5.41, 5.74) is 4.83. The SMILES string of the molecule is CN(CCOCCOCCOCCOCCOCCCCCCCl)C(=O)OCC1c2ccccc2-c2ccccc21. The number of carbonyl (C=O) groups excluding carboxylic acids is 1. The molecule has 0 unspecified atom stereocenters. The van der Waals surface area contributed by atoms with Gasteiger partial charge >= 0.3 is 6.09 Å². The summed E-state index contributed by atoms with van der Waals surface area (Å²) in [5, 5.41) is 0. The van der Waals surface area contributed by atoms with Crippen LogP contribution in [0.4, 0.5) is 4.79 Å². The van der Waals surface area contributed by atoms with Crippen LogP contribution < -0.4 is 0 Å². The van der Waals surface area contributed by atoms with Gasteiger partial charge in [-0.15, -0.1) is 11.6 Å². The molecule has 0 N–H and O–H groups in total. The number of rotatable bonds is 23. The van der Waals surface area contributed by atoms with Crippen LogP contribution in [0.15, 0.2) is 48.5 Å². The molecule has 3 rings (SSSR count). The Morgan fingerprint density at radius 3 is 1.66 bits per heavy atom. The molecule has 0 saturated heterocycles. The van der Waals surface area contributed by atoms with Crippen LogP contribution in [-0.4, -0.2) is 103 Å². The monoisotopic (exact) mass is 591 g/mol. The molecule has 0 saturated carbocycles. The second kappa shape index (κ2) is 20.6. The van der Waals surface area contributed by atoms with E-state index in [1.807, 2.05) is 24.3 Å². The maximum Gasteiger partial charge on any atom is 0.409 e. The van der Waals surface area contributed by atoms with E-state index in [1.54, 1.807) is 11.9 Å². The van der Waals surface area contributed by atoms with Gasteiger partial charge in [-0.25, -0.2) is 4.79 Å². The highest BCUT2D eigenvalue weighted by Gasteiger charge is 2.29. The van der Waals surface area contributed by atoms with Crippen molar-refractivity contribution in [3.8, 4) is 11.1 Å². The number of likely N-dealkylation sites (N-methyl/N-ethyl adjacent to an activating group) is 1. The summed E-state index contributed by atoms with van der Waals surface area (Å²) >= 11 is 5.66. The first-order chi connectivity index (χ1) is 20.2. The maximum atomic E-state index is 12.5. The van der Waals surface area contributed by atoms with Gasteiger partial charge in [0.2, 0.25) is 0 Å². The molecule has 0 fully saturated rings. The van der Waals surface area contributed by atoms with Gasteiger partial charge in [-0.1, -0.05) is 61.4 Å². The number of ether oxygens (including phenoxy) is 6. The largest absolute Gasteiger partial charge is 0.448 e. The molecule has 41 heavy (non-hydrogen) atoms. The average Bonchev–Trinajstić information content (AvgIpc) is 3.32. The third kappa shape index (κ3) is 12.3. The molecule has 0 aliphatic heterocycles. The predicted molar refractivity (Wildman–Crippen MR) is 161 cm³/mol. The molecule has 1 aliphatic rings. The predicted octanol–water partition coefficient (Wildman–Crippen LogP) is 5.75. The van der Waals surface area contributed by atoms with Gasteiger partial charge in [0.25, 0.3) is 0 Å². The number of unbranched alkanes of at least 4 members (excludes halogenated alkanes) is 3. The topological polar surface area (TPSA) is 75.7 Å². The molecule has 1 amide bonds. The molecule has 0 atom stereocenters. The molecule has 228 valence electrons. The third-order valence-corrected chi connectivity index (χ3v) is 7.15. The summed E-state index contributed by atoms with van der Waals surface area (Å²) < 4.78 is 33.3. The first kappa shape index (κ1) is 33.3. The first-order valence-electron chi connectivity index (χ1n) is 14.7. The highest BCUT2D eigenvalue weighted by atomic mass is 35.5. The van der Waals surface area contributed by atoms with Crippen molar-refractivity contribution in [2.75, 3.05) is 92.1 Å². The lowest BCUT2D eigenvalue weighted by atomic mass is 9.98. The molecule has 2 aromatic carbocycles. The number of halogens is 1. The quantitative estimate of drug-likeness (QED) is 0.120. The van der Waals surface area contributed by atoms with Crippen LogP contribution in [0.1, 0.15) is 42.7 Å². The fourth-order valence-electron chi connectivity index (χ4n) is 4.63. The molecule has 9 heteroatoms. The van der Waals surface area contributed by atoms with Gasteiger partial charge in [0, 0.05) is 32.0 Å².